The number of hydrogen-bond acceptors (Lipinski definition) is 3. The lowest BCUT2D eigenvalue weighted by atomic mass is 9.90. The summed E-state index contributed by atoms with van der Waals surface area (Å²) >= 11 is 0. The van der Waals surface area contributed by atoms with Gasteiger partial charge in [-0.3, -0.25) is 9.58 Å². The molecule has 0 spiro atoms. The first-order valence-corrected chi connectivity index (χ1v) is 7.41. The van der Waals surface area contributed by atoms with Crippen molar-refractivity contribution in [3.63, 3.8) is 0 Å². The molecule has 1 fully saturated rings. The second-order valence-electron chi connectivity index (χ2n) is 6.14. The van der Waals surface area contributed by atoms with E-state index in [-0.39, 0.29) is 0 Å². The van der Waals surface area contributed by atoms with Gasteiger partial charge in [0.15, 0.2) is 0 Å². The molecule has 1 saturated heterocycles. The highest BCUT2D eigenvalue weighted by atomic mass is 15.3. The van der Waals surface area contributed by atoms with E-state index in [1.165, 1.54) is 30.6 Å². The Morgan fingerprint density at radius 3 is 2.53 bits per heavy atom. The largest absolute Gasteiger partial charge is 0.328 e. The van der Waals surface area contributed by atoms with E-state index in [9.17, 15) is 0 Å². The lowest BCUT2D eigenvalue weighted by Gasteiger charge is -2.38. The van der Waals surface area contributed by atoms with E-state index in [0.29, 0.717) is 18.0 Å². The molecule has 0 aliphatic carbocycles. The fourth-order valence-corrected chi connectivity index (χ4v) is 3.40. The Bertz CT molecular complexity index is 436. The van der Waals surface area contributed by atoms with Crippen LogP contribution in [0.3, 0.4) is 0 Å². The zero-order valence-electron chi connectivity index (χ0n) is 13.0. The Morgan fingerprint density at radius 1 is 1.32 bits per heavy atom. The molecule has 1 aliphatic rings. The second-order valence-corrected chi connectivity index (χ2v) is 6.14. The van der Waals surface area contributed by atoms with Gasteiger partial charge >= 0.3 is 0 Å². The Kier molecular flexibility index (Phi) is 4.31. The minimum absolute atomic E-state index is 0.297. The lowest BCUT2D eigenvalue weighted by molar-refractivity contribution is 0.121. The van der Waals surface area contributed by atoms with Crippen LogP contribution in [-0.4, -0.2) is 33.8 Å². The molecule has 2 heterocycles. The molecule has 0 amide bonds. The summed E-state index contributed by atoms with van der Waals surface area (Å²) in [6, 6.07) is 0.737. The van der Waals surface area contributed by atoms with Crippen molar-refractivity contribution in [2.24, 2.45) is 18.7 Å². The molecule has 1 aromatic rings. The van der Waals surface area contributed by atoms with E-state index < -0.39 is 0 Å². The Hall–Kier alpha value is -0.870. The summed E-state index contributed by atoms with van der Waals surface area (Å²) in [7, 11) is 2.03. The number of aromatic nitrogens is 2. The number of nitrogens with zero attached hydrogens (tertiary/aromatic N) is 3. The molecule has 2 rings (SSSR count). The fourth-order valence-electron chi connectivity index (χ4n) is 3.40. The average Bonchev–Trinajstić information content (AvgIpc) is 2.62. The van der Waals surface area contributed by atoms with Gasteiger partial charge in [0.25, 0.3) is 0 Å². The predicted octanol–water partition coefficient (Wildman–Crippen LogP) is 2.16. The van der Waals surface area contributed by atoms with Gasteiger partial charge < -0.3 is 5.73 Å². The first-order valence-electron chi connectivity index (χ1n) is 7.41. The molecule has 0 radical (unpaired) electrons. The van der Waals surface area contributed by atoms with Crippen molar-refractivity contribution in [2.45, 2.75) is 52.6 Å². The second kappa shape index (κ2) is 5.63. The van der Waals surface area contributed by atoms with Gasteiger partial charge in [0.05, 0.1) is 5.69 Å². The summed E-state index contributed by atoms with van der Waals surface area (Å²) in [6.45, 7) is 11.0. The van der Waals surface area contributed by atoms with Crippen LogP contribution in [0.1, 0.15) is 49.7 Å². The van der Waals surface area contributed by atoms with Crippen molar-refractivity contribution in [3.8, 4) is 0 Å². The molecule has 108 valence electrons. The van der Waals surface area contributed by atoms with Gasteiger partial charge in [-0.1, -0.05) is 0 Å². The molecule has 0 saturated carbocycles. The van der Waals surface area contributed by atoms with Crippen LogP contribution in [0.2, 0.25) is 0 Å². The summed E-state index contributed by atoms with van der Waals surface area (Å²) < 4.78 is 1.99. The van der Waals surface area contributed by atoms with E-state index in [1.54, 1.807) is 0 Å². The zero-order chi connectivity index (χ0) is 14.2. The van der Waals surface area contributed by atoms with Gasteiger partial charge in [-0.05, 0) is 53.0 Å². The molecule has 3 unspecified atom stereocenters. The van der Waals surface area contributed by atoms with Gasteiger partial charge in [0.2, 0.25) is 0 Å². The summed E-state index contributed by atoms with van der Waals surface area (Å²) in [5.41, 5.74) is 9.93. The lowest BCUT2D eigenvalue weighted by Crippen LogP contribution is -2.43. The molecule has 4 heteroatoms. The summed E-state index contributed by atoms with van der Waals surface area (Å²) in [5.74, 6) is 0.633. The maximum Gasteiger partial charge on any atom is 0.0644 e. The highest BCUT2D eigenvalue weighted by Crippen LogP contribution is 2.30. The maximum absolute atomic E-state index is 6.09. The quantitative estimate of drug-likeness (QED) is 0.910. The molecular weight excluding hydrogens is 236 g/mol. The predicted molar refractivity (Wildman–Crippen MR) is 79.0 cm³/mol. The van der Waals surface area contributed by atoms with Crippen LogP contribution < -0.4 is 5.73 Å². The smallest absolute Gasteiger partial charge is 0.0644 e. The number of piperidine rings is 1. The molecule has 3 atom stereocenters. The molecule has 2 N–H and O–H groups in total. The topological polar surface area (TPSA) is 47.1 Å². The molecule has 0 bridgehead atoms. The maximum atomic E-state index is 6.09. The normalized spacial score (nSPS) is 24.4. The molecular formula is C15H28N4. The molecule has 1 aromatic heterocycles. The number of likely N-dealkylation sites (tertiary alicyclic amines) is 1. The third-order valence-electron chi connectivity index (χ3n) is 4.76. The third kappa shape index (κ3) is 2.84. The highest BCUT2D eigenvalue weighted by Gasteiger charge is 2.28. The fraction of sp³-hybridized carbons (Fsp3) is 0.800. The molecule has 19 heavy (non-hydrogen) atoms. The van der Waals surface area contributed by atoms with E-state index >= 15 is 0 Å². The van der Waals surface area contributed by atoms with Gasteiger partial charge in [0, 0.05) is 36.9 Å². The monoisotopic (exact) mass is 264 g/mol. The molecule has 4 nitrogen and oxygen atoms in total. The van der Waals surface area contributed by atoms with Crippen LogP contribution in [-0.2, 0) is 7.05 Å². The average molecular weight is 264 g/mol. The minimum atomic E-state index is 0.297. The number of hydrogen-bond donors (Lipinski definition) is 1. The minimum Gasteiger partial charge on any atom is -0.328 e. The number of rotatable bonds is 3. The van der Waals surface area contributed by atoms with Crippen molar-refractivity contribution in [3.05, 3.63) is 17.0 Å². The highest BCUT2D eigenvalue weighted by molar-refractivity contribution is 5.27. The van der Waals surface area contributed by atoms with Gasteiger partial charge in [-0.25, -0.2) is 0 Å². The molecule has 0 aromatic carbocycles. The van der Waals surface area contributed by atoms with Crippen molar-refractivity contribution < 1.29 is 0 Å². The van der Waals surface area contributed by atoms with Crippen LogP contribution in [0.5, 0.6) is 0 Å². The van der Waals surface area contributed by atoms with Gasteiger partial charge in [0.1, 0.15) is 0 Å². The zero-order valence-corrected chi connectivity index (χ0v) is 13.0. The third-order valence-corrected chi connectivity index (χ3v) is 4.76. The van der Waals surface area contributed by atoms with Crippen LogP contribution in [0.4, 0.5) is 0 Å². The van der Waals surface area contributed by atoms with Crippen molar-refractivity contribution >= 4 is 0 Å². The van der Waals surface area contributed by atoms with E-state index in [1.807, 2.05) is 11.7 Å². The van der Waals surface area contributed by atoms with Gasteiger partial charge in [-0.15, -0.1) is 0 Å². The van der Waals surface area contributed by atoms with Crippen molar-refractivity contribution in [1.82, 2.24) is 14.7 Å². The Labute approximate surface area is 117 Å². The SMILES string of the molecule is Cc1nn(C)c(C)c1C(C)N1CCCC(C(C)N)C1. The van der Waals surface area contributed by atoms with Crippen molar-refractivity contribution in [1.29, 1.82) is 0 Å². The van der Waals surface area contributed by atoms with Crippen LogP contribution in [0.15, 0.2) is 0 Å². The molecule has 1 aliphatic heterocycles. The first kappa shape index (κ1) is 14.5. The standard InChI is InChI=1S/C15H28N4/c1-10(16)14-7-6-8-19(9-14)13(4)15-11(2)17-18(5)12(15)3/h10,13-14H,6-9,16H2,1-5H3. The van der Waals surface area contributed by atoms with Crippen LogP contribution in [0.25, 0.3) is 0 Å². The van der Waals surface area contributed by atoms with E-state index in [2.05, 4.69) is 37.7 Å². The Morgan fingerprint density at radius 2 is 2.00 bits per heavy atom. The van der Waals surface area contributed by atoms with Crippen LogP contribution >= 0.6 is 0 Å². The van der Waals surface area contributed by atoms with E-state index in [4.69, 9.17) is 5.73 Å². The number of aryl methyl sites for hydroxylation is 2. The summed E-state index contributed by atoms with van der Waals surface area (Å²) in [4.78, 5) is 2.58. The van der Waals surface area contributed by atoms with E-state index in [0.717, 1.165) is 12.2 Å². The van der Waals surface area contributed by atoms with Gasteiger partial charge in [-0.2, -0.15) is 5.10 Å². The van der Waals surface area contributed by atoms with Crippen molar-refractivity contribution in [2.75, 3.05) is 13.1 Å². The first-order chi connectivity index (χ1) is 8.91. The summed E-state index contributed by atoms with van der Waals surface area (Å²) in [6.07, 6.45) is 2.53. The van der Waals surface area contributed by atoms with Crippen LogP contribution in [0, 0.1) is 19.8 Å². The Balaban J connectivity index is 2.17. The number of nitrogens with two attached hydrogens (primary N) is 1. The summed E-state index contributed by atoms with van der Waals surface area (Å²) in [5, 5.41) is 4.55.